The second-order valence-corrected chi connectivity index (χ2v) is 31.0. The number of hydrogen-bond donors (Lipinski definition) is 0. The molecule has 46 heavy (non-hydrogen) atoms. The van der Waals surface area contributed by atoms with E-state index in [0.29, 0.717) is 23.5 Å². The van der Waals surface area contributed by atoms with Gasteiger partial charge < -0.3 is 22.8 Å². The molecular weight excluding hydrogens is 635 g/mol. The van der Waals surface area contributed by atoms with Crippen LogP contribution in [0.2, 0.25) is 54.4 Å². The van der Waals surface area contributed by atoms with E-state index in [1.54, 1.807) is 0 Å². The molecule has 2 aromatic carbocycles. The summed E-state index contributed by atoms with van der Waals surface area (Å²) in [4.78, 5) is 23.8. The average Bonchev–Trinajstić information content (AvgIpc) is 2.89. The van der Waals surface area contributed by atoms with Crippen molar-refractivity contribution in [3.8, 4) is 11.5 Å². The van der Waals surface area contributed by atoms with Gasteiger partial charge in [0.15, 0.2) is 25.0 Å². The van der Waals surface area contributed by atoms with E-state index in [1.165, 1.54) is 24.3 Å². The Morgan fingerprint density at radius 2 is 1.02 bits per heavy atom. The molecule has 0 aliphatic carbocycles. The summed E-state index contributed by atoms with van der Waals surface area (Å²) in [7, 11) is -6.43. The minimum Gasteiger partial charge on any atom is -0.413 e. The molecule has 0 radical (unpaired) electrons. The number of nitro benzene ring substituents is 1. The molecule has 9 nitrogen and oxygen atoms in total. The maximum Gasteiger partial charge on any atom is 0.519 e. The molecule has 2 aromatic rings. The van der Waals surface area contributed by atoms with Gasteiger partial charge in [0.05, 0.1) is 24.7 Å². The Hall–Kier alpha value is -2.36. The first-order chi connectivity index (χ1) is 20.7. The molecule has 0 bridgehead atoms. The SMILES string of the molecule is CC(C)(C)[Si](C)(C)OCc1cc(CO[Si](C)(C)C(C)(C)C)c(OC(=O)Oc2ccc([N+](=O)[O-])cc2)c(CO[Si](C)(C)C(C)(C)C)c1. The Bertz CT molecular complexity index is 1320. The van der Waals surface area contributed by atoms with E-state index in [2.05, 4.69) is 102 Å². The molecule has 0 unspecified atom stereocenters. The summed E-state index contributed by atoms with van der Waals surface area (Å²) in [5.41, 5.74) is 2.25. The van der Waals surface area contributed by atoms with Crippen molar-refractivity contribution < 1.29 is 32.5 Å². The second kappa shape index (κ2) is 14.4. The quantitative estimate of drug-likeness (QED) is 0.0711. The minimum atomic E-state index is -2.18. The first-order valence-electron chi connectivity index (χ1n) is 15.9. The van der Waals surface area contributed by atoms with E-state index in [0.717, 1.165) is 5.56 Å². The summed E-state index contributed by atoms with van der Waals surface area (Å²) in [6, 6.07) is 9.26. The minimum absolute atomic E-state index is 0.0276. The van der Waals surface area contributed by atoms with Crippen molar-refractivity contribution in [2.24, 2.45) is 0 Å². The summed E-state index contributed by atoms with van der Waals surface area (Å²) in [5, 5.41) is 11.1. The van der Waals surface area contributed by atoms with Crippen LogP contribution in [0.15, 0.2) is 36.4 Å². The van der Waals surface area contributed by atoms with Gasteiger partial charge in [-0.25, -0.2) is 4.79 Å². The summed E-state index contributed by atoms with van der Waals surface area (Å²) >= 11 is 0. The van der Waals surface area contributed by atoms with Crippen molar-refractivity contribution in [2.45, 2.75) is 137 Å². The average molecular weight is 692 g/mol. The fourth-order valence-electron chi connectivity index (χ4n) is 3.52. The molecule has 0 N–H and O–H groups in total. The molecule has 12 heteroatoms. The Labute approximate surface area is 279 Å². The highest BCUT2D eigenvalue weighted by Crippen LogP contribution is 2.41. The van der Waals surface area contributed by atoms with E-state index in [9.17, 15) is 14.9 Å². The fraction of sp³-hybridized carbons (Fsp3) is 0.618. The topological polar surface area (TPSA) is 106 Å². The molecule has 2 rings (SSSR count). The third-order valence-corrected chi connectivity index (χ3v) is 23.4. The van der Waals surface area contributed by atoms with E-state index in [1.807, 2.05) is 12.1 Å². The standard InChI is InChI=1S/C34H57NO8Si3/c1-32(2,3)44(10,11)39-22-25-20-26(23-40-45(12,13)33(4,5)6)30(27(21-25)24-41-46(14,15)34(7,8)9)43-31(36)42-29-18-16-28(17-19-29)35(37)38/h16-21H,22-24H2,1-15H3. The monoisotopic (exact) mass is 691 g/mol. The molecular formula is C34H57NO8Si3. The molecule has 0 atom stereocenters. The smallest absolute Gasteiger partial charge is 0.413 e. The zero-order valence-electron chi connectivity index (χ0n) is 30.8. The third-order valence-electron chi connectivity index (χ3n) is 9.93. The van der Waals surface area contributed by atoms with Crippen LogP contribution < -0.4 is 9.47 Å². The van der Waals surface area contributed by atoms with Crippen LogP contribution in [0.5, 0.6) is 11.5 Å². The number of carbonyl (C=O) groups excluding carboxylic acids is 1. The zero-order chi connectivity index (χ0) is 35.5. The van der Waals surface area contributed by atoms with Crippen molar-refractivity contribution in [3.05, 3.63) is 63.2 Å². The molecule has 258 valence electrons. The highest BCUT2D eigenvalue weighted by atomic mass is 28.4. The first kappa shape index (κ1) is 39.8. The first-order valence-corrected chi connectivity index (χ1v) is 24.6. The van der Waals surface area contributed by atoms with Gasteiger partial charge in [-0.3, -0.25) is 10.1 Å². The van der Waals surface area contributed by atoms with Crippen LogP contribution in [0.4, 0.5) is 10.5 Å². The molecule has 0 amide bonds. The van der Waals surface area contributed by atoms with Gasteiger partial charge in [0.25, 0.3) is 5.69 Å². The Morgan fingerprint density at radius 1 is 0.652 bits per heavy atom. The molecule has 0 heterocycles. The Morgan fingerprint density at radius 3 is 1.37 bits per heavy atom. The molecule has 0 spiro atoms. The van der Waals surface area contributed by atoms with Gasteiger partial charge in [0.1, 0.15) is 11.5 Å². The van der Waals surface area contributed by atoms with Crippen molar-refractivity contribution in [1.29, 1.82) is 0 Å². The fourth-order valence-corrected chi connectivity index (χ4v) is 6.38. The number of benzene rings is 2. The van der Waals surface area contributed by atoms with Crippen LogP contribution in [-0.4, -0.2) is 36.0 Å². The number of nitro groups is 1. The lowest BCUT2D eigenvalue weighted by atomic mass is 10.0. The van der Waals surface area contributed by atoms with Crippen LogP contribution >= 0.6 is 0 Å². The van der Waals surface area contributed by atoms with Crippen molar-refractivity contribution in [3.63, 3.8) is 0 Å². The maximum atomic E-state index is 13.2. The number of rotatable bonds is 12. The number of carbonyl (C=O) groups is 1. The largest absolute Gasteiger partial charge is 0.519 e. The third kappa shape index (κ3) is 10.6. The van der Waals surface area contributed by atoms with Crippen LogP contribution in [-0.2, 0) is 33.1 Å². The molecule has 0 fully saturated rings. The number of nitrogens with zero attached hydrogens (tertiary/aromatic N) is 1. The maximum absolute atomic E-state index is 13.2. The van der Waals surface area contributed by atoms with Gasteiger partial charge >= 0.3 is 6.16 Å². The second-order valence-electron chi connectivity index (χ2n) is 16.6. The van der Waals surface area contributed by atoms with Crippen molar-refractivity contribution in [2.75, 3.05) is 0 Å². The lowest BCUT2D eigenvalue weighted by Gasteiger charge is -2.37. The molecule has 0 aliphatic rings. The molecule has 0 saturated carbocycles. The molecule has 0 aliphatic heterocycles. The van der Waals surface area contributed by atoms with Crippen LogP contribution in [0, 0.1) is 10.1 Å². The lowest BCUT2D eigenvalue weighted by molar-refractivity contribution is -0.384. The summed E-state index contributed by atoms with van der Waals surface area (Å²) in [6.07, 6.45) is -0.957. The molecule has 0 saturated heterocycles. The van der Waals surface area contributed by atoms with E-state index < -0.39 is 36.0 Å². The normalized spacial score (nSPS) is 13.5. The van der Waals surface area contributed by atoms with E-state index in [-0.39, 0.29) is 39.8 Å². The van der Waals surface area contributed by atoms with Crippen LogP contribution in [0.3, 0.4) is 0 Å². The van der Waals surface area contributed by atoms with Gasteiger partial charge in [-0.2, -0.15) is 0 Å². The van der Waals surface area contributed by atoms with Gasteiger partial charge in [-0.05, 0) is 84.2 Å². The highest BCUT2D eigenvalue weighted by Gasteiger charge is 2.40. The highest BCUT2D eigenvalue weighted by molar-refractivity contribution is 6.74. The lowest BCUT2D eigenvalue weighted by Crippen LogP contribution is -2.41. The van der Waals surface area contributed by atoms with Crippen LogP contribution in [0.25, 0.3) is 0 Å². The Balaban J connectivity index is 2.61. The van der Waals surface area contributed by atoms with E-state index >= 15 is 0 Å². The van der Waals surface area contributed by atoms with Gasteiger partial charge in [-0.1, -0.05) is 62.3 Å². The summed E-state index contributed by atoms with van der Waals surface area (Å²) in [6.45, 7) is 33.8. The van der Waals surface area contributed by atoms with Crippen molar-refractivity contribution in [1.82, 2.24) is 0 Å². The number of non-ortho nitro benzene ring substituents is 1. The number of ether oxygens (including phenoxy) is 2. The molecule has 0 aromatic heterocycles. The number of hydrogen-bond acceptors (Lipinski definition) is 8. The van der Waals surface area contributed by atoms with Crippen LogP contribution in [0.1, 0.15) is 79.0 Å². The van der Waals surface area contributed by atoms with Crippen molar-refractivity contribution >= 4 is 36.8 Å². The zero-order valence-corrected chi connectivity index (χ0v) is 33.8. The van der Waals surface area contributed by atoms with E-state index in [4.69, 9.17) is 22.8 Å². The van der Waals surface area contributed by atoms with Gasteiger partial charge in [0, 0.05) is 23.3 Å². The predicted molar refractivity (Wildman–Crippen MR) is 192 cm³/mol. The predicted octanol–water partition coefficient (Wildman–Crippen LogP) is 10.7. The van der Waals surface area contributed by atoms with Gasteiger partial charge in [0.2, 0.25) is 0 Å². The van der Waals surface area contributed by atoms with Gasteiger partial charge in [-0.15, -0.1) is 0 Å². The summed E-state index contributed by atoms with van der Waals surface area (Å²) < 4.78 is 31.3. The summed E-state index contributed by atoms with van der Waals surface area (Å²) in [5.74, 6) is 0.466. The Kier molecular flexibility index (Phi) is 12.5.